The van der Waals surface area contributed by atoms with Crippen LogP contribution in [0, 0.1) is 6.92 Å². The molecule has 0 bridgehead atoms. The lowest BCUT2D eigenvalue weighted by Gasteiger charge is -2.25. The highest BCUT2D eigenvalue weighted by molar-refractivity contribution is 7.91. The number of benzene rings is 2. The van der Waals surface area contributed by atoms with Gasteiger partial charge in [-0.1, -0.05) is 60.2 Å². The predicted molar refractivity (Wildman–Crippen MR) is 96.3 cm³/mol. The summed E-state index contributed by atoms with van der Waals surface area (Å²) in [5, 5.41) is 0. The molecule has 0 aliphatic heterocycles. The molecule has 5 heteroatoms. The zero-order chi connectivity index (χ0) is 17.7. The Morgan fingerprint density at radius 2 is 1.75 bits per heavy atom. The second kappa shape index (κ2) is 7.62. The topological polar surface area (TPSA) is 54.5 Å². The van der Waals surface area contributed by atoms with Gasteiger partial charge >= 0.3 is 0 Å². The first-order valence-electron chi connectivity index (χ1n) is 7.85. The molecule has 0 N–H and O–H groups in total. The van der Waals surface area contributed by atoms with E-state index in [0.29, 0.717) is 5.56 Å². The second-order valence-electron chi connectivity index (χ2n) is 6.11. The molecule has 0 spiro atoms. The van der Waals surface area contributed by atoms with Crippen molar-refractivity contribution < 1.29 is 13.2 Å². The number of aryl methyl sites for hydroxylation is 1. The van der Waals surface area contributed by atoms with Gasteiger partial charge in [0.15, 0.2) is 9.84 Å². The Hall–Kier alpha value is -2.14. The van der Waals surface area contributed by atoms with E-state index in [1.807, 2.05) is 62.4 Å². The predicted octanol–water partition coefficient (Wildman–Crippen LogP) is 3.13. The van der Waals surface area contributed by atoms with E-state index in [1.165, 1.54) is 4.90 Å². The van der Waals surface area contributed by atoms with Crippen molar-refractivity contribution in [2.24, 2.45) is 0 Å². The summed E-state index contributed by atoms with van der Waals surface area (Å²) in [5.74, 6) is -0.984. The molecule has 0 fully saturated rings. The van der Waals surface area contributed by atoms with E-state index in [1.54, 1.807) is 13.1 Å². The summed E-state index contributed by atoms with van der Waals surface area (Å²) >= 11 is 0. The van der Waals surface area contributed by atoms with Gasteiger partial charge in [0, 0.05) is 7.05 Å². The highest BCUT2D eigenvalue weighted by Crippen LogP contribution is 2.19. The largest absolute Gasteiger partial charge is 0.338 e. The number of nitrogens with zero attached hydrogens (tertiary/aromatic N) is 1. The third-order valence-corrected chi connectivity index (χ3v) is 5.53. The number of rotatable bonds is 6. The molecule has 0 aliphatic carbocycles. The normalized spacial score (nSPS) is 12.6. The van der Waals surface area contributed by atoms with Crippen LogP contribution in [0.25, 0.3) is 0 Å². The SMILES string of the molecule is Cc1cccc(CS(=O)(=O)CC(=O)N(C)C(C)c2ccccc2)c1. The van der Waals surface area contributed by atoms with Gasteiger partial charge in [-0.3, -0.25) is 4.79 Å². The number of sulfone groups is 1. The Bertz CT molecular complexity index is 800. The van der Waals surface area contributed by atoms with Crippen molar-refractivity contribution in [1.82, 2.24) is 4.90 Å². The lowest BCUT2D eigenvalue weighted by atomic mass is 10.1. The number of carbonyl (C=O) groups is 1. The van der Waals surface area contributed by atoms with Crippen molar-refractivity contribution in [2.45, 2.75) is 25.6 Å². The zero-order valence-electron chi connectivity index (χ0n) is 14.3. The first-order chi connectivity index (χ1) is 11.3. The van der Waals surface area contributed by atoms with E-state index in [2.05, 4.69) is 0 Å². The lowest BCUT2D eigenvalue weighted by molar-refractivity contribution is -0.129. The maximum atomic E-state index is 12.4. The maximum absolute atomic E-state index is 12.4. The summed E-state index contributed by atoms with van der Waals surface area (Å²) in [6.45, 7) is 3.80. The zero-order valence-corrected chi connectivity index (χ0v) is 15.1. The van der Waals surface area contributed by atoms with Gasteiger partial charge in [0.2, 0.25) is 5.91 Å². The van der Waals surface area contributed by atoms with E-state index in [9.17, 15) is 13.2 Å². The van der Waals surface area contributed by atoms with Crippen molar-refractivity contribution in [3.63, 3.8) is 0 Å². The third kappa shape index (κ3) is 4.93. The Kier molecular flexibility index (Phi) is 5.78. The van der Waals surface area contributed by atoms with Crippen molar-refractivity contribution in [2.75, 3.05) is 12.8 Å². The molecule has 0 heterocycles. The number of amides is 1. The molecule has 2 rings (SSSR count). The molecule has 2 aromatic carbocycles. The van der Waals surface area contributed by atoms with Gasteiger partial charge in [-0.05, 0) is 25.0 Å². The smallest absolute Gasteiger partial charge is 0.238 e. The van der Waals surface area contributed by atoms with Gasteiger partial charge in [-0.25, -0.2) is 8.42 Å². The number of hydrogen-bond acceptors (Lipinski definition) is 3. The van der Waals surface area contributed by atoms with Crippen LogP contribution in [0.3, 0.4) is 0 Å². The second-order valence-corrected chi connectivity index (χ2v) is 8.18. The third-order valence-electron chi connectivity index (χ3n) is 4.07. The van der Waals surface area contributed by atoms with Crippen LogP contribution in [0.15, 0.2) is 54.6 Å². The summed E-state index contributed by atoms with van der Waals surface area (Å²) < 4.78 is 24.7. The monoisotopic (exact) mass is 345 g/mol. The van der Waals surface area contributed by atoms with Crippen LogP contribution in [-0.2, 0) is 20.4 Å². The van der Waals surface area contributed by atoms with Crippen molar-refractivity contribution in [3.05, 3.63) is 71.3 Å². The van der Waals surface area contributed by atoms with E-state index in [0.717, 1.165) is 11.1 Å². The lowest BCUT2D eigenvalue weighted by Crippen LogP contribution is -2.34. The Balaban J connectivity index is 2.04. The molecular formula is C19H23NO3S. The first-order valence-corrected chi connectivity index (χ1v) is 9.67. The fourth-order valence-corrected chi connectivity index (χ4v) is 3.94. The molecule has 0 aliphatic rings. The van der Waals surface area contributed by atoms with Gasteiger partial charge < -0.3 is 4.90 Å². The Morgan fingerprint density at radius 3 is 2.38 bits per heavy atom. The summed E-state index contributed by atoms with van der Waals surface area (Å²) in [5.41, 5.74) is 2.69. The van der Waals surface area contributed by atoms with E-state index < -0.39 is 15.6 Å². The average molecular weight is 345 g/mol. The van der Waals surface area contributed by atoms with E-state index in [-0.39, 0.29) is 17.7 Å². The van der Waals surface area contributed by atoms with Crippen LogP contribution in [0.1, 0.15) is 29.7 Å². The molecule has 24 heavy (non-hydrogen) atoms. The summed E-state index contributed by atoms with van der Waals surface area (Å²) in [7, 11) is -1.86. The Morgan fingerprint density at radius 1 is 1.08 bits per heavy atom. The number of carbonyl (C=O) groups excluding carboxylic acids is 1. The van der Waals surface area contributed by atoms with Crippen LogP contribution >= 0.6 is 0 Å². The molecule has 0 saturated carbocycles. The molecule has 4 nitrogen and oxygen atoms in total. The van der Waals surface area contributed by atoms with Gasteiger partial charge in [0.05, 0.1) is 11.8 Å². The van der Waals surface area contributed by atoms with Crippen LogP contribution in [0.5, 0.6) is 0 Å². The van der Waals surface area contributed by atoms with Crippen LogP contribution in [0.4, 0.5) is 0 Å². The minimum atomic E-state index is -3.50. The minimum absolute atomic E-state index is 0.117. The fourth-order valence-electron chi connectivity index (χ4n) is 2.57. The molecule has 0 radical (unpaired) electrons. The summed E-state index contributed by atoms with van der Waals surface area (Å²) in [6, 6.07) is 16.7. The summed E-state index contributed by atoms with van der Waals surface area (Å²) in [4.78, 5) is 13.9. The van der Waals surface area contributed by atoms with E-state index in [4.69, 9.17) is 0 Å². The quantitative estimate of drug-likeness (QED) is 0.808. The Labute approximate surface area is 144 Å². The maximum Gasteiger partial charge on any atom is 0.238 e. The average Bonchev–Trinajstić information content (AvgIpc) is 2.53. The first kappa shape index (κ1) is 18.2. The van der Waals surface area contributed by atoms with Gasteiger partial charge in [-0.15, -0.1) is 0 Å². The molecule has 0 aromatic heterocycles. The van der Waals surface area contributed by atoms with Gasteiger partial charge in [0.25, 0.3) is 0 Å². The standard InChI is InChI=1S/C19H23NO3S/c1-15-8-7-9-17(12-15)13-24(22,23)14-19(21)20(3)16(2)18-10-5-4-6-11-18/h4-12,16H,13-14H2,1-3H3. The molecule has 2 aromatic rings. The molecule has 128 valence electrons. The molecule has 1 amide bonds. The van der Waals surface area contributed by atoms with Crippen LogP contribution in [-0.4, -0.2) is 32.0 Å². The van der Waals surface area contributed by atoms with Gasteiger partial charge in [-0.2, -0.15) is 0 Å². The van der Waals surface area contributed by atoms with Crippen molar-refractivity contribution in [1.29, 1.82) is 0 Å². The van der Waals surface area contributed by atoms with E-state index >= 15 is 0 Å². The molecule has 1 atom stereocenters. The highest BCUT2D eigenvalue weighted by atomic mass is 32.2. The van der Waals surface area contributed by atoms with Gasteiger partial charge in [0.1, 0.15) is 5.75 Å². The minimum Gasteiger partial charge on any atom is -0.338 e. The van der Waals surface area contributed by atoms with Crippen molar-refractivity contribution >= 4 is 15.7 Å². The summed E-state index contributed by atoms with van der Waals surface area (Å²) in [6.07, 6.45) is 0. The highest BCUT2D eigenvalue weighted by Gasteiger charge is 2.23. The number of hydrogen-bond donors (Lipinski definition) is 0. The van der Waals surface area contributed by atoms with Crippen LogP contribution in [0.2, 0.25) is 0 Å². The molecule has 1 unspecified atom stereocenters. The molecule has 0 saturated heterocycles. The van der Waals surface area contributed by atoms with Crippen LogP contribution < -0.4 is 0 Å². The van der Waals surface area contributed by atoms with Crippen molar-refractivity contribution in [3.8, 4) is 0 Å². The molecular weight excluding hydrogens is 322 g/mol. The fraction of sp³-hybridized carbons (Fsp3) is 0.316.